The van der Waals surface area contributed by atoms with Gasteiger partial charge in [-0.05, 0) is 54.3 Å². The van der Waals surface area contributed by atoms with E-state index in [4.69, 9.17) is 23.2 Å². The number of nitrogens with zero attached hydrogens (tertiary/aromatic N) is 2. The summed E-state index contributed by atoms with van der Waals surface area (Å²) in [4.78, 5) is 29.5. The van der Waals surface area contributed by atoms with Crippen LogP contribution in [0.4, 0.5) is 5.69 Å². The summed E-state index contributed by atoms with van der Waals surface area (Å²) in [5, 5.41) is 3.56. The minimum absolute atomic E-state index is 0.0446. The van der Waals surface area contributed by atoms with Gasteiger partial charge in [0.05, 0.1) is 17.0 Å². The van der Waals surface area contributed by atoms with E-state index in [1.807, 2.05) is 54.6 Å². The summed E-state index contributed by atoms with van der Waals surface area (Å²) in [7, 11) is -3.95. The van der Waals surface area contributed by atoms with Crippen molar-refractivity contribution in [2.24, 2.45) is 0 Å². The Morgan fingerprint density at radius 3 is 2.27 bits per heavy atom. The fourth-order valence-corrected chi connectivity index (χ4v) is 6.53. The first-order valence-corrected chi connectivity index (χ1v) is 16.7. The molecule has 1 fully saturated rings. The first-order valence-electron chi connectivity index (χ1n) is 13.3. The van der Waals surface area contributed by atoms with Crippen LogP contribution in [0.15, 0.2) is 77.3 Å². The molecule has 7 nitrogen and oxygen atoms in total. The number of sulfonamides is 1. The standard InChI is InChI=1S/C30H32BrCl2N3O4S/c1-41(39,40)36(27-18-24(32)15-16-26(27)33)20-29(37)35(19-22-11-13-23(31)14-12-22)28(17-21-7-3-2-4-8-21)30(38)34-25-9-5-6-10-25/h2-4,7-8,11-16,18,25,28H,5-6,9-10,17,19-20H2,1H3,(H,34,38)/t28-/m1/s1. The first-order chi connectivity index (χ1) is 19.5. The van der Waals surface area contributed by atoms with E-state index in [1.165, 1.54) is 17.0 Å². The van der Waals surface area contributed by atoms with Gasteiger partial charge in [-0.15, -0.1) is 0 Å². The maximum absolute atomic E-state index is 14.2. The molecule has 3 aromatic carbocycles. The second-order valence-corrected chi connectivity index (χ2v) is 13.9. The number of halogens is 3. The van der Waals surface area contributed by atoms with Crippen LogP contribution in [0.1, 0.15) is 36.8 Å². The van der Waals surface area contributed by atoms with Gasteiger partial charge in [0.15, 0.2) is 0 Å². The van der Waals surface area contributed by atoms with E-state index in [-0.39, 0.29) is 40.6 Å². The smallest absolute Gasteiger partial charge is 0.244 e. The molecule has 0 bridgehead atoms. The molecule has 41 heavy (non-hydrogen) atoms. The Labute approximate surface area is 260 Å². The Morgan fingerprint density at radius 1 is 0.976 bits per heavy atom. The topological polar surface area (TPSA) is 86.8 Å². The van der Waals surface area contributed by atoms with Crippen molar-refractivity contribution in [2.45, 2.75) is 50.7 Å². The third kappa shape index (κ3) is 8.70. The molecule has 1 aliphatic rings. The van der Waals surface area contributed by atoms with Crippen LogP contribution in [0.3, 0.4) is 0 Å². The molecule has 1 atom stereocenters. The van der Waals surface area contributed by atoms with E-state index in [1.54, 1.807) is 6.07 Å². The lowest BCUT2D eigenvalue weighted by atomic mass is 10.0. The van der Waals surface area contributed by atoms with Crippen LogP contribution in [0.5, 0.6) is 0 Å². The maximum Gasteiger partial charge on any atom is 0.244 e. The summed E-state index contributed by atoms with van der Waals surface area (Å²) in [5.41, 5.74) is 1.76. The van der Waals surface area contributed by atoms with E-state index in [0.717, 1.165) is 51.8 Å². The molecule has 4 rings (SSSR count). The van der Waals surface area contributed by atoms with Gasteiger partial charge in [0, 0.05) is 28.5 Å². The fraction of sp³-hybridized carbons (Fsp3) is 0.333. The van der Waals surface area contributed by atoms with Gasteiger partial charge in [-0.1, -0.05) is 94.4 Å². The number of amides is 2. The molecular formula is C30H32BrCl2N3O4S. The fourth-order valence-electron chi connectivity index (χ4n) is 4.98. The highest BCUT2D eigenvalue weighted by Crippen LogP contribution is 2.31. The highest BCUT2D eigenvalue weighted by molar-refractivity contribution is 9.10. The largest absolute Gasteiger partial charge is 0.352 e. The highest BCUT2D eigenvalue weighted by atomic mass is 79.9. The lowest BCUT2D eigenvalue weighted by Gasteiger charge is -2.34. The number of hydrogen-bond donors (Lipinski definition) is 1. The van der Waals surface area contributed by atoms with Gasteiger partial charge < -0.3 is 10.2 Å². The Morgan fingerprint density at radius 2 is 1.63 bits per heavy atom. The number of nitrogens with one attached hydrogen (secondary N) is 1. The summed E-state index contributed by atoms with van der Waals surface area (Å²) >= 11 is 16.0. The molecule has 0 aromatic heterocycles. The lowest BCUT2D eigenvalue weighted by molar-refractivity contribution is -0.140. The summed E-state index contributed by atoms with van der Waals surface area (Å²) in [6, 6.07) is 20.5. The van der Waals surface area contributed by atoms with E-state index in [9.17, 15) is 18.0 Å². The Hall–Kier alpha value is -2.59. The SMILES string of the molecule is CS(=O)(=O)N(CC(=O)N(Cc1ccc(Br)cc1)[C@H](Cc1ccccc1)C(=O)NC1CCCC1)c1cc(Cl)ccc1Cl. The second kappa shape index (κ2) is 14.1. The van der Waals surface area contributed by atoms with Gasteiger partial charge in [-0.2, -0.15) is 0 Å². The van der Waals surface area contributed by atoms with Crippen molar-refractivity contribution < 1.29 is 18.0 Å². The summed E-state index contributed by atoms with van der Waals surface area (Å²) in [6.45, 7) is -0.458. The minimum atomic E-state index is -3.95. The van der Waals surface area contributed by atoms with Crippen LogP contribution in [-0.4, -0.2) is 50.0 Å². The molecule has 0 radical (unpaired) electrons. The van der Waals surface area contributed by atoms with Crippen LogP contribution >= 0.6 is 39.1 Å². The molecule has 0 unspecified atom stereocenters. The summed E-state index contributed by atoms with van der Waals surface area (Å²) in [6.07, 6.45) is 5.13. The number of carbonyl (C=O) groups is 2. The second-order valence-electron chi connectivity index (χ2n) is 10.2. The number of rotatable bonds is 11. The van der Waals surface area contributed by atoms with Gasteiger partial charge in [0.2, 0.25) is 21.8 Å². The zero-order valence-electron chi connectivity index (χ0n) is 22.6. The van der Waals surface area contributed by atoms with Gasteiger partial charge in [0.1, 0.15) is 12.6 Å². The number of benzene rings is 3. The lowest BCUT2D eigenvalue weighted by Crippen LogP contribution is -2.54. The van der Waals surface area contributed by atoms with Crippen LogP contribution < -0.4 is 9.62 Å². The number of anilines is 1. The van der Waals surface area contributed by atoms with Crippen molar-refractivity contribution in [3.8, 4) is 0 Å². The zero-order valence-corrected chi connectivity index (χ0v) is 26.5. The Balaban J connectivity index is 1.74. The molecule has 0 aliphatic heterocycles. The molecule has 0 saturated heterocycles. The van der Waals surface area contributed by atoms with E-state index in [0.29, 0.717) is 0 Å². The van der Waals surface area contributed by atoms with Crippen molar-refractivity contribution in [3.05, 3.63) is 98.4 Å². The van der Waals surface area contributed by atoms with E-state index >= 15 is 0 Å². The first kappa shape index (κ1) is 31.3. The summed E-state index contributed by atoms with van der Waals surface area (Å²) in [5.74, 6) is -0.810. The monoisotopic (exact) mass is 679 g/mol. The average molecular weight is 681 g/mol. The highest BCUT2D eigenvalue weighted by Gasteiger charge is 2.34. The average Bonchev–Trinajstić information content (AvgIpc) is 3.44. The van der Waals surface area contributed by atoms with Gasteiger partial charge in [0.25, 0.3) is 0 Å². The maximum atomic E-state index is 14.2. The number of hydrogen-bond acceptors (Lipinski definition) is 4. The predicted molar refractivity (Wildman–Crippen MR) is 168 cm³/mol. The van der Waals surface area contributed by atoms with Crippen LogP contribution in [-0.2, 0) is 32.6 Å². The molecule has 11 heteroatoms. The molecule has 0 spiro atoms. The van der Waals surface area contributed by atoms with E-state index < -0.39 is 28.5 Å². The van der Waals surface area contributed by atoms with Gasteiger partial charge in [-0.25, -0.2) is 8.42 Å². The molecule has 1 saturated carbocycles. The van der Waals surface area contributed by atoms with Crippen molar-refractivity contribution in [1.29, 1.82) is 0 Å². The third-order valence-corrected chi connectivity index (χ3v) is 9.30. The van der Waals surface area contributed by atoms with Crippen molar-refractivity contribution in [2.75, 3.05) is 17.1 Å². The normalized spacial score (nSPS) is 14.4. The van der Waals surface area contributed by atoms with Crippen molar-refractivity contribution in [1.82, 2.24) is 10.2 Å². The zero-order chi connectivity index (χ0) is 29.6. The van der Waals surface area contributed by atoms with Gasteiger partial charge >= 0.3 is 0 Å². The van der Waals surface area contributed by atoms with Crippen molar-refractivity contribution in [3.63, 3.8) is 0 Å². The van der Waals surface area contributed by atoms with Crippen LogP contribution in [0, 0.1) is 0 Å². The molecular weight excluding hydrogens is 649 g/mol. The molecule has 1 aliphatic carbocycles. The molecule has 3 aromatic rings. The Bertz CT molecular complexity index is 1470. The molecule has 218 valence electrons. The summed E-state index contributed by atoms with van der Waals surface area (Å²) < 4.78 is 27.7. The quantitative estimate of drug-likeness (QED) is 0.261. The molecule has 2 amide bonds. The minimum Gasteiger partial charge on any atom is -0.352 e. The molecule has 0 heterocycles. The third-order valence-electron chi connectivity index (χ3n) is 7.09. The van der Waals surface area contributed by atoms with E-state index in [2.05, 4.69) is 21.2 Å². The van der Waals surface area contributed by atoms with Crippen molar-refractivity contribution >= 4 is 66.7 Å². The van der Waals surface area contributed by atoms with Crippen LogP contribution in [0.2, 0.25) is 10.0 Å². The predicted octanol–water partition coefficient (Wildman–Crippen LogP) is 6.22. The van der Waals surface area contributed by atoms with Gasteiger partial charge in [-0.3, -0.25) is 13.9 Å². The molecule has 1 N–H and O–H groups in total. The number of carbonyl (C=O) groups excluding carboxylic acids is 2. The Kier molecular flexibility index (Phi) is 10.7. The van der Waals surface area contributed by atoms with Crippen LogP contribution in [0.25, 0.3) is 0 Å².